The molecule has 0 bridgehead atoms. The first-order valence-corrected chi connectivity index (χ1v) is 18.4. The largest absolute Gasteiger partial charge is 0.496 e. The quantitative estimate of drug-likeness (QED) is 0.0494. The van der Waals surface area contributed by atoms with Gasteiger partial charge in [-0.15, -0.1) is 0 Å². The van der Waals surface area contributed by atoms with Crippen LogP contribution in [-0.4, -0.2) is 58.4 Å². The predicted molar refractivity (Wildman–Crippen MR) is 219 cm³/mol. The van der Waals surface area contributed by atoms with Crippen molar-refractivity contribution >= 4 is 17.7 Å². The van der Waals surface area contributed by atoms with E-state index in [1.165, 1.54) is 0 Å². The van der Waals surface area contributed by atoms with E-state index in [1.54, 1.807) is 28.1 Å². The Labute approximate surface area is 331 Å². The molecule has 296 valence electrons. The van der Waals surface area contributed by atoms with E-state index in [1.807, 2.05) is 113 Å². The molecular formula is C47H54O9. The van der Waals surface area contributed by atoms with Crippen molar-refractivity contribution in [1.29, 1.82) is 0 Å². The highest BCUT2D eigenvalue weighted by molar-refractivity contribution is 6.09. The molecule has 0 fully saturated rings. The van der Waals surface area contributed by atoms with Gasteiger partial charge in [-0.1, -0.05) is 102 Å². The van der Waals surface area contributed by atoms with Gasteiger partial charge in [0.1, 0.15) is 11.5 Å². The molecule has 0 N–H and O–H groups in total. The number of hydrogen-bond donors (Lipinski definition) is 0. The molecule has 4 aromatic carbocycles. The molecule has 9 nitrogen and oxygen atoms in total. The molecule has 0 atom stereocenters. The second kappa shape index (κ2) is 19.4. The Morgan fingerprint density at radius 1 is 0.518 bits per heavy atom. The second-order valence-electron chi connectivity index (χ2n) is 15.6. The summed E-state index contributed by atoms with van der Waals surface area (Å²) < 4.78 is 33.9. The first-order valence-electron chi connectivity index (χ1n) is 18.4. The van der Waals surface area contributed by atoms with Crippen molar-refractivity contribution in [1.82, 2.24) is 0 Å². The van der Waals surface area contributed by atoms with Crippen LogP contribution < -0.4 is 9.47 Å². The molecule has 0 aliphatic rings. The summed E-state index contributed by atoms with van der Waals surface area (Å²) in [5.41, 5.74) is 6.65. The van der Waals surface area contributed by atoms with E-state index in [0.717, 1.165) is 33.4 Å². The fraction of sp³-hybridized carbons (Fsp3) is 0.340. The van der Waals surface area contributed by atoms with Crippen molar-refractivity contribution in [3.8, 4) is 33.8 Å². The maximum absolute atomic E-state index is 13.5. The number of esters is 2. The zero-order chi connectivity index (χ0) is 41.0. The third-order valence-electron chi connectivity index (χ3n) is 8.91. The van der Waals surface area contributed by atoms with Crippen LogP contribution in [-0.2, 0) is 41.8 Å². The highest BCUT2D eigenvalue weighted by Gasteiger charge is 2.23. The Balaban J connectivity index is 1.39. The molecule has 0 aromatic heterocycles. The minimum absolute atomic E-state index is 0.0798. The lowest BCUT2D eigenvalue weighted by Gasteiger charge is -2.24. The van der Waals surface area contributed by atoms with Crippen LogP contribution in [0.3, 0.4) is 0 Å². The Morgan fingerprint density at radius 3 is 1.18 bits per heavy atom. The summed E-state index contributed by atoms with van der Waals surface area (Å²) in [5.74, 6) is 0.493. The van der Waals surface area contributed by atoms with Crippen LogP contribution in [0.2, 0.25) is 0 Å². The number of carbonyl (C=O) groups excluding carboxylic acids is 3. The number of hydrogen-bond acceptors (Lipinski definition) is 9. The third kappa shape index (κ3) is 12.2. The lowest BCUT2D eigenvalue weighted by Crippen LogP contribution is -2.27. The number of benzene rings is 4. The smallest absolute Gasteiger partial charge is 0.333 e. The topological polar surface area (TPSA) is 107 Å². The van der Waals surface area contributed by atoms with Crippen LogP contribution in [0.5, 0.6) is 11.5 Å². The molecule has 0 aliphatic carbocycles. The van der Waals surface area contributed by atoms with Gasteiger partial charge in [-0.3, -0.25) is 4.79 Å². The maximum Gasteiger partial charge on any atom is 0.333 e. The Bertz CT molecular complexity index is 1880. The van der Waals surface area contributed by atoms with Crippen LogP contribution >= 0.6 is 0 Å². The average molecular weight is 763 g/mol. The van der Waals surface area contributed by atoms with Crippen molar-refractivity contribution in [3.05, 3.63) is 131 Å². The number of rotatable bonds is 20. The molecule has 0 saturated heterocycles. The van der Waals surface area contributed by atoms with Gasteiger partial charge < -0.3 is 28.4 Å². The summed E-state index contributed by atoms with van der Waals surface area (Å²) in [6.45, 7) is 20.1. The Hall–Kier alpha value is -5.51. The van der Waals surface area contributed by atoms with E-state index in [-0.39, 0.29) is 19.0 Å². The van der Waals surface area contributed by atoms with Crippen molar-refractivity contribution in [2.24, 2.45) is 10.8 Å². The van der Waals surface area contributed by atoms with E-state index < -0.39 is 22.8 Å². The highest BCUT2D eigenvalue weighted by Crippen LogP contribution is 2.31. The molecule has 0 saturated carbocycles. The normalized spacial score (nSPS) is 11.4. The summed E-state index contributed by atoms with van der Waals surface area (Å²) in [5, 5.41) is 0. The van der Waals surface area contributed by atoms with Gasteiger partial charge in [0, 0.05) is 44.2 Å². The predicted octanol–water partition coefficient (Wildman–Crippen LogP) is 9.59. The van der Waals surface area contributed by atoms with Crippen LogP contribution in [0, 0.1) is 10.8 Å². The van der Waals surface area contributed by atoms with Gasteiger partial charge in [0.2, 0.25) is 0 Å². The molecule has 56 heavy (non-hydrogen) atoms. The molecule has 0 radical (unpaired) electrons. The van der Waals surface area contributed by atoms with E-state index in [9.17, 15) is 14.4 Å². The molecule has 0 spiro atoms. The monoisotopic (exact) mass is 762 g/mol. The van der Waals surface area contributed by atoms with Crippen molar-refractivity contribution in [2.75, 3.05) is 40.6 Å². The van der Waals surface area contributed by atoms with E-state index >= 15 is 0 Å². The van der Waals surface area contributed by atoms with E-state index in [0.29, 0.717) is 60.2 Å². The highest BCUT2D eigenvalue weighted by atomic mass is 16.5. The van der Waals surface area contributed by atoms with Crippen molar-refractivity contribution in [3.63, 3.8) is 0 Å². The molecule has 0 heterocycles. The lowest BCUT2D eigenvalue weighted by molar-refractivity contribution is -0.144. The number of methoxy groups -OCH3 is 2. The average Bonchev–Trinajstić information content (AvgIpc) is 3.18. The first kappa shape index (κ1) is 43.2. The molecule has 0 amide bonds. The lowest BCUT2D eigenvalue weighted by atomic mass is 9.96. The summed E-state index contributed by atoms with van der Waals surface area (Å²) in [7, 11) is 3.24. The minimum Gasteiger partial charge on any atom is -0.496 e. The minimum atomic E-state index is -0.417. The van der Waals surface area contributed by atoms with Gasteiger partial charge in [0.15, 0.2) is 5.78 Å². The van der Waals surface area contributed by atoms with Gasteiger partial charge in [-0.05, 0) is 60.4 Å². The van der Waals surface area contributed by atoms with E-state index in [2.05, 4.69) is 13.2 Å². The summed E-state index contributed by atoms with van der Waals surface area (Å²) >= 11 is 0. The van der Waals surface area contributed by atoms with Gasteiger partial charge >= 0.3 is 11.9 Å². The van der Waals surface area contributed by atoms with Crippen LogP contribution in [0.1, 0.15) is 68.6 Å². The maximum atomic E-state index is 13.5. The Morgan fingerprint density at radius 2 is 0.857 bits per heavy atom. The fourth-order valence-electron chi connectivity index (χ4n) is 5.66. The second-order valence-corrected chi connectivity index (χ2v) is 15.6. The van der Waals surface area contributed by atoms with Gasteiger partial charge in [0.25, 0.3) is 0 Å². The number of carbonyl (C=O) groups is 3. The number of ether oxygens (including phenoxy) is 6. The molecule has 4 rings (SSSR count). The molecule has 0 unspecified atom stereocenters. The molecule has 0 aliphatic heterocycles. The zero-order valence-electron chi connectivity index (χ0n) is 33.9. The first-order chi connectivity index (χ1) is 26.5. The summed E-state index contributed by atoms with van der Waals surface area (Å²) in [6, 6.07) is 26.9. The molecular weight excluding hydrogens is 709 g/mol. The van der Waals surface area contributed by atoms with Crippen LogP contribution in [0.25, 0.3) is 22.3 Å². The Kier molecular flexibility index (Phi) is 15.0. The summed E-state index contributed by atoms with van der Waals surface area (Å²) in [6.07, 6.45) is 0. The SMILES string of the molecule is C=C(C)C(=O)OCC(C)(C)COCc1cc(-c2ccc(C(=O)c3ccc(-c4ccc(OC)c(COCC(C)(C)COC(=O)C(=C)C)c4)cc3)cc2)ccc1OC. The van der Waals surface area contributed by atoms with Crippen LogP contribution in [0.15, 0.2) is 109 Å². The molecule has 4 aromatic rings. The third-order valence-corrected chi connectivity index (χ3v) is 8.91. The van der Waals surface area contributed by atoms with Crippen molar-refractivity contribution < 1.29 is 42.8 Å². The van der Waals surface area contributed by atoms with Crippen LogP contribution in [0.4, 0.5) is 0 Å². The van der Waals surface area contributed by atoms with Crippen molar-refractivity contribution in [2.45, 2.75) is 54.8 Å². The molecule has 9 heteroatoms. The van der Waals surface area contributed by atoms with Gasteiger partial charge in [0.05, 0.1) is 53.9 Å². The number of ketones is 1. The zero-order valence-corrected chi connectivity index (χ0v) is 33.9. The van der Waals surface area contributed by atoms with Gasteiger partial charge in [-0.2, -0.15) is 0 Å². The van der Waals surface area contributed by atoms with Gasteiger partial charge in [-0.25, -0.2) is 9.59 Å². The fourth-order valence-corrected chi connectivity index (χ4v) is 5.66. The standard InChI is InChI=1S/C47H54O9/c1-31(2)44(49)55-29-46(5,6)27-53-25-39-23-37(19-21-41(39)51-9)33-11-15-35(16-12-33)43(48)36-17-13-34(14-18-36)38-20-22-42(52-10)40(24-38)26-54-28-47(7,8)30-56-45(50)32(3)4/h11-24H,1,3,25-30H2,2,4-10H3. The summed E-state index contributed by atoms with van der Waals surface area (Å²) in [4.78, 5) is 37.2. The van der Waals surface area contributed by atoms with E-state index in [4.69, 9.17) is 28.4 Å².